The number of nitrogens with zero attached hydrogens (tertiary/aromatic N) is 1. The predicted octanol–water partition coefficient (Wildman–Crippen LogP) is 4.58. The van der Waals surface area contributed by atoms with Gasteiger partial charge in [0.1, 0.15) is 5.69 Å². The van der Waals surface area contributed by atoms with Crippen LogP contribution in [0.25, 0.3) is 0 Å². The summed E-state index contributed by atoms with van der Waals surface area (Å²) in [7, 11) is 0. The van der Waals surface area contributed by atoms with E-state index in [1.54, 1.807) is 6.07 Å². The summed E-state index contributed by atoms with van der Waals surface area (Å²) in [5.74, 6) is 0. The number of halogens is 1. The fourth-order valence-corrected chi connectivity index (χ4v) is 3.20. The van der Waals surface area contributed by atoms with Gasteiger partial charge in [0.05, 0.1) is 4.92 Å². The van der Waals surface area contributed by atoms with Gasteiger partial charge in [-0.25, -0.2) is 0 Å². The number of nitrogens with one attached hydrogen (secondary N) is 1. The Labute approximate surface area is 127 Å². The van der Waals surface area contributed by atoms with E-state index in [1.807, 2.05) is 12.1 Å². The highest BCUT2D eigenvalue weighted by molar-refractivity contribution is 14.1. The maximum absolute atomic E-state index is 11.1. The van der Waals surface area contributed by atoms with Crippen molar-refractivity contribution in [3.05, 3.63) is 31.9 Å². The van der Waals surface area contributed by atoms with Gasteiger partial charge in [-0.2, -0.15) is 0 Å². The van der Waals surface area contributed by atoms with Crippen LogP contribution in [0, 0.1) is 19.1 Å². The van der Waals surface area contributed by atoms with Crippen LogP contribution < -0.4 is 5.32 Å². The highest BCUT2D eigenvalue weighted by atomic mass is 127. The Kier molecular flexibility index (Phi) is 4.32. The summed E-state index contributed by atoms with van der Waals surface area (Å²) < 4.78 is 0.887. The van der Waals surface area contributed by atoms with Gasteiger partial charge in [0.25, 0.3) is 5.69 Å². The summed E-state index contributed by atoms with van der Waals surface area (Å²) in [4.78, 5) is 10.8. The van der Waals surface area contributed by atoms with Gasteiger partial charge in [0.2, 0.25) is 0 Å². The van der Waals surface area contributed by atoms with Crippen molar-refractivity contribution in [1.82, 2.24) is 0 Å². The van der Waals surface area contributed by atoms with Gasteiger partial charge in [-0.3, -0.25) is 10.1 Å². The Morgan fingerprint density at radius 3 is 2.79 bits per heavy atom. The average Bonchev–Trinajstić information content (AvgIpc) is 2.33. The lowest BCUT2D eigenvalue weighted by Crippen LogP contribution is -2.39. The Morgan fingerprint density at radius 2 is 2.16 bits per heavy atom. The van der Waals surface area contributed by atoms with Gasteiger partial charge >= 0.3 is 0 Å². The minimum absolute atomic E-state index is 0.174. The molecule has 1 aromatic rings. The molecule has 104 valence electrons. The largest absolute Gasteiger partial charge is 0.376 e. The zero-order chi connectivity index (χ0) is 14.0. The Hall–Kier alpha value is -0.850. The third kappa shape index (κ3) is 3.38. The summed E-state index contributed by atoms with van der Waals surface area (Å²) in [6.07, 6.45) is 4.69. The van der Waals surface area contributed by atoms with Crippen LogP contribution in [0.4, 0.5) is 11.4 Å². The molecule has 0 aliphatic heterocycles. The van der Waals surface area contributed by atoms with Crippen molar-refractivity contribution >= 4 is 34.0 Å². The van der Waals surface area contributed by atoms with Gasteiger partial charge in [-0.1, -0.05) is 26.7 Å². The molecule has 1 N–H and O–H groups in total. The SMILES string of the molecule is CC1(C)CCCCC1Nc1ccc(I)cc1[N+](=O)[O-]. The number of rotatable bonds is 3. The number of hydrogen-bond donors (Lipinski definition) is 1. The molecule has 2 rings (SSSR count). The van der Waals surface area contributed by atoms with Crippen molar-refractivity contribution in [3.8, 4) is 0 Å². The summed E-state index contributed by atoms with van der Waals surface area (Å²) in [6, 6.07) is 5.66. The van der Waals surface area contributed by atoms with Crippen LogP contribution in [-0.2, 0) is 0 Å². The predicted molar refractivity (Wildman–Crippen MR) is 85.5 cm³/mol. The minimum Gasteiger partial charge on any atom is -0.376 e. The lowest BCUT2D eigenvalue weighted by Gasteiger charge is -2.39. The molecular weight excluding hydrogens is 355 g/mol. The minimum atomic E-state index is -0.305. The number of anilines is 1. The molecule has 1 aromatic carbocycles. The second kappa shape index (κ2) is 5.64. The molecule has 0 amide bonds. The van der Waals surface area contributed by atoms with E-state index in [9.17, 15) is 10.1 Å². The summed E-state index contributed by atoms with van der Waals surface area (Å²) >= 11 is 2.10. The van der Waals surface area contributed by atoms with E-state index in [2.05, 4.69) is 41.8 Å². The van der Waals surface area contributed by atoms with Gasteiger partial charge in [-0.15, -0.1) is 0 Å². The van der Waals surface area contributed by atoms with E-state index in [0.29, 0.717) is 11.7 Å². The average molecular weight is 374 g/mol. The van der Waals surface area contributed by atoms with E-state index < -0.39 is 0 Å². The normalized spacial score (nSPS) is 21.9. The lowest BCUT2D eigenvalue weighted by molar-refractivity contribution is -0.384. The molecule has 1 aliphatic carbocycles. The molecule has 0 radical (unpaired) electrons. The van der Waals surface area contributed by atoms with E-state index in [0.717, 1.165) is 9.99 Å². The zero-order valence-corrected chi connectivity index (χ0v) is 13.4. The highest BCUT2D eigenvalue weighted by Gasteiger charge is 2.33. The second-order valence-electron chi connectivity index (χ2n) is 5.85. The molecule has 1 saturated carbocycles. The summed E-state index contributed by atoms with van der Waals surface area (Å²) in [5.41, 5.74) is 1.01. The van der Waals surface area contributed by atoms with Crippen molar-refractivity contribution in [2.75, 3.05) is 5.32 Å². The molecular formula is C14H19IN2O2. The van der Waals surface area contributed by atoms with Crippen LogP contribution in [0.2, 0.25) is 0 Å². The Morgan fingerprint density at radius 1 is 1.42 bits per heavy atom. The van der Waals surface area contributed by atoms with Gasteiger partial charge in [0, 0.05) is 15.7 Å². The van der Waals surface area contributed by atoms with Crippen LogP contribution in [0.15, 0.2) is 18.2 Å². The molecule has 1 atom stereocenters. The second-order valence-corrected chi connectivity index (χ2v) is 7.10. The van der Waals surface area contributed by atoms with Crippen LogP contribution in [-0.4, -0.2) is 11.0 Å². The zero-order valence-electron chi connectivity index (χ0n) is 11.3. The first-order valence-electron chi connectivity index (χ1n) is 6.60. The van der Waals surface area contributed by atoms with Crippen molar-refractivity contribution < 1.29 is 4.92 Å². The van der Waals surface area contributed by atoms with Gasteiger partial charge in [-0.05, 0) is 53.0 Å². The van der Waals surface area contributed by atoms with Crippen LogP contribution in [0.5, 0.6) is 0 Å². The van der Waals surface area contributed by atoms with Crippen LogP contribution in [0.3, 0.4) is 0 Å². The monoisotopic (exact) mass is 374 g/mol. The number of benzene rings is 1. The molecule has 1 aliphatic rings. The lowest BCUT2D eigenvalue weighted by atomic mass is 9.73. The standard InChI is InChI=1S/C14H19IN2O2/c1-14(2)8-4-3-5-13(14)16-11-7-6-10(15)9-12(11)17(18)19/h6-7,9,13,16H,3-5,8H2,1-2H3. The van der Waals surface area contributed by atoms with E-state index in [-0.39, 0.29) is 16.0 Å². The summed E-state index contributed by atoms with van der Waals surface area (Å²) in [5, 5.41) is 14.5. The molecule has 4 nitrogen and oxygen atoms in total. The third-order valence-electron chi connectivity index (χ3n) is 3.99. The fraction of sp³-hybridized carbons (Fsp3) is 0.571. The van der Waals surface area contributed by atoms with Crippen LogP contribution >= 0.6 is 22.6 Å². The molecule has 0 spiro atoms. The molecule has 0 aromatic heterocycles. The number of nitro benzene ring substituents is 1. The first-order chi connectivity index (χ1) is 8.90. The van der Waals surface area contributed by atoms with E-state index in [1.165, 1.54) is 19.3 Å². The van der Waals surface area contributed by atoms with Gasteiger partial charge in [0.15, 0.2) is 0 Å². The molecule has 0 bridgehead atoms. The number of nitro groups is 1. The first kappa shape index (κ1) is 14.6. The molecule has 0 heterocycles. The molecule has 19 heavy (non-hydrogen) atoms. The van der Waals surface area contributed by atoms with E-state index >= 15 is 0 Å². The Bertz CT molecular complexity index is 488. The Balaban J connectivity index is 2.25. The van der Waals surface area contributed by atoms with Crippen molar-refractivity contribution in [3.63, 3.8) is 0 Å². The summed E-state index contributed by atoms with van der Waals surface area (Å²) in [6.45, 7) is 4.48. The third-order valence-corrected chi connectivity index (χ3v) is 4.66. The molecule has 5 heteroatoms. The van der Waals surface area contributed by atoms with Crippen LogP contribution in [0.1, 0.15) is 39.5 Å². The smallest absolute Gasteiger partial charge is 0.293 e. The highest BCUT2D eigenvalue weighted by Crippen LogP contribution is 2.38. The fourth-order valence-electron chi connectivity index (χ4n) is 2.73. The van der Waals surface area contributed by atoms with Crippen molar-refractivity contribution in [2.45, 2.75) is 45.6 Å². The number of hydrogen-bond acceptors (Lipinski definition) is 3. The van der Waals surface area contributed by atoms with Crippen molar-refractivity contribution in [2.24, 2.45) is 5.41 Å². The molecule has 0 saturated heterocycles. The molecule has 1 fully saturated rings. The first-order valence-corrected chi connectivity index (χ1v) is 7.68. The maximum atomic E-state index is 11.1. The van der Waals surface area contributed by atoms with Gasteiger partial charge < -0.3 is 5.32 Å². The van der Waals surface area contributed by atoms with E-state index in [4.69, 9.17) is 0 Å². The maximum Gasteiger partial charge on any atom is 0.293 e. The van der Waals surface area contributed by atoms with Crippen molar-refractivity contribution in [1.29, 1.82) is 0 Å². The quantitative estimate of drug-likeness (QED) is 0.479. The molecule has 1 unspecified atom stereocenters. The topological polar surface area (TPSA) is 55.2 Å².